The molecule has 0 radical (unpaired) electrons. The highest BCUT2D eigenvalue weighted by molar-refractivity contribution is 5.77. The molecule has 6 nitrogen and oxygen atoms in total. The van der Waals surface area contributed by atoms with Gasteiger partial charge < -0.3 is 9.84 Å². The Balaban J connectivity index is 2.61. The van der Waals surface area contributed by atoms with E-state index in [1.807, 2.05) is 39.6 Å². The van der Waals surface area contributed by atoms with Crippen molar-refractivity contribution < 1.29 is 9.32 Å². The average molecular weight is 254 g/mol. The number of amides is 1. The minimum absolute atomic E-state index is 0.00421. The summed E-state index contributed by atoms with van der Waals surface area (Å²) in [4.78, 5) is 17.7. The molecule has 0 fully saturated rings. The molecule has 102 valence electrons. The standard InChI is InChI=1S/C12H22N4O2/c1-6-13-10(17)7-16(5)9(4)12-14-11(8(2)3)15-18-12/h8-9H,6-7H2,1-5H3,(H,13,17). The summed E-state index contributed by atoms with van der Waals surface area (Å²) in [5.74, 6) is 1.48. The number of nitrogens with zero attached hydrogens (tertiary/aromatic N) is 3. The molecule has 1 atom stereocenters. The van der Waals surface area contributed by atoms with Crippen molar-refractivity contribution in [1.29, 1.82) is 0 Å². The van der Waals surface area contributed by atoms with Crippen molar-refractivity contribution in [1.82, 2.24) is 20.4 Å². The maximum atomic E-state index is 11.5. The highest BCUT2D eigenvalue weighted by Gasteiger charge is 2.21. The first kappa shape index (κ1) is 14.6. The summed E-state index contributed by atoms with van der Waals surface area (Å²) in [5.41, 5.74) is 0. The van der Waals surface area contributed by atoms with Crippen molar-refractivity contribution in [3.63, 3.8) is 0 Å². The van der Waals surface area contributed by atoms with Crippen LogP contribution in [-0.4, -0.2) is 41.1 Å². The molecule has 6 heteroatoms. The van der Waals surface area contributed by atoms with Crippen LogP contribution in [0.4, 0.5) is 0 Å². The van der Waals surface area contributed by atoms with Gasteiger partial charge in [0.25, 0.3) is 0 Å². The van der Waals surface area contributed by atoms with Gasteiger partial charge in [-0.1, -0.05) is 19.0 Å². The lowest BCUT2D eigenvalue weighted by atomic mass is 10.2. The first-order chi connectivity index (χ1) is 8.45. The van der Waals surface area contributed by atoms with Crippen LogP contribution in [0.15, 0.2) is 4.52 Å². The summed E-state index contributed by atoms with van der Waals surface area (Å²) in [5, 5.41) is 6.68. The molecule has 0 aliphatic carbocycles. The summed E-state index contributed by atoms with van der Waals surface area (Å²) in [6, 6.07) is -0.0763. The highest BCUT2D eigenvalue weighted by atomic mass is 16.5. The van der Waals surface area contributed by atoms with Crippen molar-refractivity contribution in [2.45, 2.75) is 39.7 Å². The van der Waals surface area contributed by atoms with Crippen LogP contribution in [0, 0.1) is 0 Å². The molecule has 1 unspecified atom stereocenters. The Labute approximate surface area is 108 Å². The summed E-state index contributed by atoms with van der Waals surface area (Å²) >= 11 is 0. The molecule has 1 heterocycles. The van der Waals surface area contributed by atoms with Crippen molar-refractivity contribution in [3.8, 4) is 0 Å². The van der Waals surface area contributed by atoms with Crippen LogP contribution in [-0.2, 0) is 4.79 Å². The maximum Gasteiger partial charge on any atom is 0.243 e. The van der Waals surface area contributed by atoms with Gasteiger partial charge in [0.2, 0.25) is 11.8 Å². The van der Waals surface area contributed by atoms with E-state index in [0.29, 0.717) is 24.8 Å². The van der Waals surface area contributed by atoms with Crippen LogP contribution in [0.5, 0.6) is 0 Å². The third-order valence-electron chi connectivity index (χ3n) is 2.76. The molecule has 1 rings (SSSR count). The van der Waals surface area contributed by atoms with Gasteiger partial charge in [0.1, 0.15) is 0 Å². The molecular formula is C12H22N4O2. The first-order valence-corrected chi connectivity index (χ1v) is 6.26. The summed E-state index contributed by atoms with van der Waals surface area (Å²) in [6.45, 7) is 8.81. The zero-order valence-corrected chi connectivity index (χ0v) is 11.7. The average Bonchev–Trinajstić information content (AvgIpc) is 2.77. The number of hydrogen-bond donors (Lipinski definition) is 1. The normalized spacial score (nSPS) is 13.1. The Morgan fingerprint density at radius 1 is 1.44 bits per heavy atom. The van der Waals surface area contributed by atoms with E-state index in [2.05, 4.69) is 15.5 Å². The Bertz CT molecular complexity index is 389. The second-order valence-corrected chi connectivity index (χ2v) is 4.69. The Kier molecular flexibility index (Phi) is 5.27. The van der Waals surface area contributed by atoms with Crippen LogP contribution in [0.25, 0.3) is 0 Å². The first-order valence-electron chi connectivity index (χ1n) is 6.26. The predicted molar refractivity (Wildman–Crippen MR) is 68.1 cm³/mol. The fraction of sp³-hybridized carbons (Fsp3) is 0.750. The number of aromatic nitrogens is 2. The molecule has 0 aromatic carbocycles. The molecule has 0 spiro atoms. The lowest BCUT2D eigenvalue weighted by molar-refractivity contribution is -0.122. The number of carbonyl (C=O) groups excluding carboxylic acids is 1. The Hall–Kier alpha value is -1.43. The molecule has 1 aromatic heterocycles. The molecule has 0 aliphatic heterocycles. The van der Waals surface area contributed by atoms with E-state index in [1.165, 1.54) is 0 Å². The van der Waals surface area contributed by atoms with Crippen LogP contribution >= 0.6 is 0 Å². The smallest absolute Gasteiger partial charge is 0.243 e. The van der Waals surface area contributed by atoms with E-state index in [9.17, 15) is 4.79 Å². The number of nitrogens with one attached hydrogen (secondary N) is 1. The Morgan fingerprint density at radius 2 is 2.11 bits per heavy atom. The topological polar surface area (TPSA) is 71.3 Å². The largest absolute Gasteiger partial charge is 0.355 e. The lowest BCUT2D eigenvalue weighted by Crippen LogP contribution is -2.36. The van der Waals surface area contributed by atoms with Gasteiger partial charge in [-0.2, -0.15) is 4.98 Å². The summed E-state index contributed by atoms with van der Waals surface area (Å²) in [7, 11) is 1.86. The molecule has 0 saturated carbocycles. The number of carbonyl (C=O) groups is 1. The van der Waals surface area contributed by atoms with Gasteiger partial charge in [0.05, 0.1) is 12.6 Å². The SMILES string of the molecule is CCNC(=O)CN(C)C(C)c1nc(C(C)C)no1. The lowest BCUT2D eigenvalue weighted by Gasteiger charge is -2.20. The fourth-order valence-corrected chi connectivity index (χ4v) is 1.46. The van der Waals surface area contributed by atoms with Crippen LogP contribution in [0.2, 0.25) is 0 Å². The van der Waals surface area contributed by atoms with E-state index in [0.717, 1.165) is 0 Å². The highest BCUT2D eigenvalue weighted by Crippen LogP contribution is 2.18. The van der Waals surface area contributed by atoms with E-state index in [1.54, 1.807) is 0 Å². The van der Waals surface area contributed by atoms with Crippen molar-refractivity contribution in [2.75, 3.05) is 20.1 Å². The van der Waals surface area contributed by atoms with E-state index < -0.39 is 0 Å². The van der Waals surface area contributed by atoms with Crippen LogP contribution in [0.3, 0.4) is 0 Å². The second-order valence-electron chi connectivity index (χ2n) is 4.69. The van der Waals surface area contributed by atoms with Gasteiger partial charge in [-0.15, -0.1) is 0 Å². The minimum Gasteiger partial charge on any atom is -0.355 e. The van der Waals surface area contributed by atoms with E-state index in [-0.39, 0.29) is 17.9 Å². The monoisotopic (exact) mass is 254 g/mol. The minimum atomic E-state index is -0.0763. The summed E-state index contributed by atoms with van der Waals surface area (Å²) < 4.78 is 5.22. The fourth-order valence-electron chi connectivity index (χ4n) is 1.46. The zero-order valence-electron chi connectivity index (χ0n) is 11.7. The van der Waals surface area contributed by atoms with Crippen molar-refractivity contribution in [3.05, 3.63) is 11.7 Å². The van der Waals surface area contributed by atoms with Gasteiger partial charge in [0.15, 0.2) is 5.82 Å². The molecular weight excluding hydrogens is 232 g/mol. The number of likely N-dealkylation sites (N-methyl/N-ethyl adjacent to an activating group) is 2. The van der Waals surface area contributed by atoms with Crippen LogP contribution < -0.4 is 5.32 Å². The van der Waals surface area contributed by atoms with E-state index >= 15 is 0 Å². The second kappa shape index (κ2) is 6.49. The summed E-state index contributed by atoms with van der Waals surface area (Å²) in [6.07, 6.45) is 0. The van der Waals surface area contributed by atoms with Crippen molar-refractivity contribution >= 4 is 5.91 Å². The molecule has 1 N–H and O–H groups in total. The van der Waals surface area contributed by atoms with Crippen LogP contribution in [0.1, 0.15) is 51.4 Å². The third-order valence-corrected chi connectivity index (χ3v) is 2.76. The molecule has 1 aromatic rings. The molecule has 0 saturated heterocycles. The number of rotatable bonds is 6. The van der Waals surface area contributed by atoms with Gasteiger partial charge in [0, 0.05) is 12.5 Å². The van der Waals surface area contributed by atoms with E-state index in [4.69, 9.17) is 4.52 Å². The molecule has 18 heavy (non-hydrogen) atoms. The predicted octanol–water partition coefficient (Wildman–Crippen LogP) is 1.32. The third kappa shape index (κ3) is 3.80. The van der Waals surface area contributed by atoms with Gasteiger partial charge in [-0.3, -0.25) is 9.69 Å². The molecule has 1 amide bonds. The Morgan fingerprint density at radius 3 is 2.61 bits per heavy atom. The van der Waals surface area contributed by atoms with Gasteiger partial charge in [-0.25, -0.2) is 0 Å². The number of hydrogen-bond acceptors (Lipinski definition) is 5. The molecule has 0 bridgehead atoms. The zero-order chi connectivity index (χ0) is 13.7. The quantitative estimate of drug-likeness (QED) is 0.829. The maximum absolute atomic E-state index is 11.5. The molecule has 0 aliphatic rings. The van der Waals surface area contributed by atoms with Gasteiger partial charge >= 0.3 is 0 Å². The van der Waals surface area contributed by atoms with Crippen molar-refractivity contribution in [2.24, 2.45) is 0 Å². The van der Waals surface area contributed by atoms with Gasteiger partial charge in [-0.05, 0) is 20.9 Å².